The van der Waals surface area contributed by atoms with Gasteiger partial charge in [-0.15, -0.1) is 0 Å². The highest BCUT2D eigenvalue weighted by Gasteiger charge is 2.50. The molecule has 0 unspecified atom stereocenters. The zero-order valence-corrected chi connectivity index (χ0v) is 14.5. The summed E-state index contributed by atoms with van der Waals surface area (Å²) in [7, 11) is -0.413. The molecule has 0 aliphatic carbocycles. The van der Waals surface area contributed by atoms with Crippen LogP contribution in [0, 0.1) is 5.82 Å². The first kappa shape index (κ1) is 16.9. The summed E-state index contributed by atoms with van der Waals surface area (Å²) in [6, 6.07) is 14.5. The molecular weight excluding hydrogens is 302 g/mol. The monoisotopic (exact) mass is 324 g/mol. The summed E-state index contributed by atoms with van der Waals surface area (Å²) in [5.41, 5.74) is 1.63. The van der Waals surface area contributed by atoms with Gasteiger partial charge in [0.05, 0.1) is 11.2 Å². The van der Waals surface area contributed by atoms with Gasteiger partial charge in [0, 0.05) is 5.56 Å². The third-order valence-electron chi connectivity index (χ3n) is 4.83. The first-order valence-corrected chi connectivity index (χ1v) is 8.18. The predicted molar refractivity (Wildman–Crippen MR) is 97.0 cm³/mol. The molecule has 24 heavy (non-hydrogen) atoms. The summed E-state index contributed by atoms with van der Waals surface area (Å²) in [6.07, 6.45) is 1.93. The molecule has 2 nitrogen and oxygen atoms in total. The Labute approximate surface area is 143 Å². The molecule has 1 fully saturated rings. The minimum atomic E-state index is -0.413. The van der Waals surface area contributed by atoms with E-state index in [1.807, 2.05) is 70.1 Å². The van der Waals surface area contributed by atoms with E-state index in [1.54, 1.807) is 12.1 Å². The lowest BCUT2D eigenvalue weighted by atomic mass is 9.88. The first-order chi connectivity index (χ1) is 11.3. The second-order valence-corrected chi connectivity index (χ2v) is 7.05. The van der Waals surface area contributed by atoms with Crippen molar-refractivity contribution in [3.05, 3.63) is 65.9 Å². The van der Waals surface area contributed by atoms with Crippen molar-refractivity contribution in [2.24, 2.45) is 0 Å². The van der Waals surface area contributed by atoms with Gasteiger partial charge in [-0.3, -0.25) is 0 Å². The molecule has 1 aliphatic rings. The third-order valence-corrected chi connectivity index (χ3v) is 4.83. The molecule has 0 N–H and O–H groups in total. The van der Waals surface area contributed by atoms with Crippen LogP contribution in [0.5, 0.6) is 0 Å². The fourth-order valence-electron chi connectivity index (χ4n) is 2.72. The average Bonchev–Trinajstić information content (AvgIpc) is 2.74. The maximum atomic E-state index is 14.1. The van der Waals surface area contributed by atoms with Crippen LogP contribution in [0.3, 0.4) is 0 Å². The molecule has 2 aromatic rings. The van der Waals surface area contributed by atoms with Crippen LogP contribution in [-0.2, 0) is 9.31 Å². The Bertz CT molecular complexity index is 752. The Morgan fingerprint density at radius 1 is 0.833 bits per heavy atom. The highest BCUT2D eigenvalue weighted by molar-refractivity contribution is 6.52. The van der Waals surface area contributed by atoms with E-state index in [0.717, 1.165) is 11.1 Å². The first-order valence-electron chi connectivity index (χ1n) is 8.18. The van der Waals surface area contributed by atoms with Crippen molar-refractivity contribution in [3.63, 3.8) is 0 Å². The molecule has 0 radical (unpaired) electrons. The van der Waals surface area contributed by atoms with E-state index in [2.05, 4.69) is 0 Å². The molecule has 2 aromatic carbocycles. The Hall–Kier alpha value is -1.91. The number of hydrogen-bond donors (Lipinski definition) is 0. The minimum absolute atomic E-state index is 0.228. The molecule has 0 bridgehead atoms. The number of hydrogen-bond acceptors (Lipinski definition) is 2. The molecule has 0 atom stereocenters. The highest BCUT2D eigenvalue weighted by Crippen LogP contribution is 2.37. The predicted octanol–water partition coefficient (Wildman–Crippen LogP) is 5.14. The van der Waals surface area contributed by atoms with E-state index in [-0.39, 0.29) is 17.0 Å². The lowest BCUT2D eigenvalue weighted by molar-refractivity contribution is 0.00578. The van der Waals surface area contributed by atoms with Crippen LogP contribution in [-0.4, -0.2) is 18.3 Å². The maximum Gasteiger partial charge on any atom is 0.487 e. The van der Waals surface area contributed by atoms with E-state index in [4.69, 9.17) is 9.31 Å². The number of rotatable bonds is 3. The van der Waals surface area contributed by atoms with Crippen LogP contribution in [0.15, 0.2) is 54.5 Å². The van der Waals surface area contributed by atoms with Crippen LogP contribution >= 0.6 is 0 Å². The smallest absolute Gasteiger partial charge is 0.400 e. The average molecular weight is 324 g/mol. The second-order valence-electron chi connectivity index (χ2n) is 7.05. The Morgan fingerprint density at radius 2 is 1.38 bits per heavy atom. The summed E-state index contributed by atoms with van der Waals surface area (Å²) < 4.78 is 26.1. The van der Waals surface area contributed by atoms with Crippen molar-refractivity contribution in [1.29, 1.82) is 0 Å². The van der Waals surface area contributed by atoms with E-state index in [1.165, 1.54) is 6.07 Å². The summed E-state index contributed by atoms with van der Waals surface area (Å²) in [6.45, 7) is 8.09. The molecular formula is C20H22BFO2. The zero-order valence-electron chi connectivity index (χ0n) is 14.5. The van der Waals surface area contributed by atoms with E-state index in [0.29, 0.717) is 5.56 Å². The van der Waals surface area contributed by atoms with Gasteiger partial charge in [-0.25, -0.2) is 4.39 Å². The van der Waals surface area contributed by atoms with Gasteiger partial charge >= 0.3 is 7.12 Å². The number of halogens is 1. The van der Waals surface area contributed by atoms with Crippen LogP contribution < -0.4 is 0 Å². The van der Waals surface area contributed by atoms with Crippen LogP contribution in [0.4, 0.5) is 4.39 Å². The number of benzene rings is 2. The SMILES string of the molecule is CC1(C)OB(/C=C\c2ccccc2-c2ccccc2F)OC1(C)C. The molecule has 0 amide bonds. The minimum Gasteiger partial charge on any atom is -0.400 e. The Morgan fingerprint density at radius 3 is 2.00 bits per heavy atom. The van der Waals surface area contributed by atoms with E-state index >= 15 is 0 Å². The van der Waals surface area contributed by atoms with Gasteiger partial charge < -0.3 is 9.31 Å². The van der Waals surface area contributed by atoms with Crippen molar-refractivity contribution < 1.29 is 13.7 Å². The van der Waals surface area contributed by atoms with Crippen molar-refractivity contribution in [3.8, 4) is 11.1 Å². The summed E-state index contributed by atoms with van der Waals surface area (Å²) >= 11 is 0. The maximum absolute atomic E-state index is 14.1. The highest BCUT2D eigenvalue weighted by atomic mass is 19.1. The normalized spacial score (nSPS) is 19.1. The standard InChI is InChI=1S/C20H22BFO2/c1-19(2)20(3,4)24-21(23-19)14-13-15-9-5-6-10-16(15)17-11-7-8-12-18(17)22/h5-14H,1-4H3/b14-13-. The van der Waals surface area contributed by atoms with Crippen molar-refractivity contribution in [2.45, 2.75) is 38.9 Å². The van der Waals surface area contributed by atoms with Gasteiger partial charge in [0.1, 0.15) is 5.82 Å². The second kappa shape index (κ2) is 6.19. The zero-order chi connectivity index (χ0) is 17.4. The Balaban J connectivity index is 1.89. The molecule has 0 spiro atoms. The van der Waals surface area contributed by atoms with E-state index < -0.39 is 7.12 Å². The quantitative estimate of drug-likeness (QED) is 0.728. The molecule has 1 heterocycles. The van der Waals surface area contributed by atoms with Gasteiger partial charge in [-0.1, -0.05) is 54.5 Å². The van der Waals surface area contributed by atoms with E-state index in [9.17, 15) is 4.39 Å². The summed E-state index contributed by atoms with van der Waals surface area (Å²) in [4.78, 5) is 0. The van der Waals surface area contributed by atoms with Gasteiger partial charge in [-0.05, 0) is 44.9 Å². The molecule has 0 aromatic heterocycles. The largest absolute Gasteiger partial charge is 0.487 e. The topological polar surface area (TPSA) is 18.5 Å². The molecule has 1 aliphatic heterocycles. The molecule has 0 saturated carbocycles. The molecule has 1 saturated heterocycles. The fraction of sp³-hybridized carbons (Fsp3) is 0.300. The van der Waals surface area contributed by atoms with Gasteiger partial charge in [0.15, 0.2) is 0 Å². The van der Waals surface area contributed by atoms with Crippen LogP contribution in [0.1, 0.15) is 33.3 Å². The van der Waals surface area contributed by atoms with Crippen molar-refractivity contribution in [1.82, 2.24) is 0 Å². The lowest BCUT2D eigenvalue weighted by Gasteiger charge is -2.32. The van der Waals surface area contributed by atoms with Crippen LogP contribution in [0.2, 0.25) is 0 Å². The fourth-order valence-corrected chi connectivity index (χ4v) is 2.72. The van der Waals surface area contributed by atoms with Crippen LogP contribution in [0.25, 0.3) is 17.2 Å². The summed E-state index contributed by atoms with van der Waals surface area (Å²) in [5, 5.41) is 0. The molecule has 124 valence electrons. The van der Waals surface area contributed by atoms with Gasteiger partial charge in [0.25, 0.3) is 0 Å². The third kappa shape index (κ3) is 3.17. The van der Waals surface area contributed by atoms with Crippen molar-refractivity contribution in [2.75, 3.05) is 0 Å². The van der Waals surface area contributed by atoms with Gasteiger partial charge in [-0.2, -0.15) is 0 Å². The summed E-state index contributed by atoms with van der Waals surface area (Å²) in [5.74, 6) is 1.66. The Kier molecular flexibility index (Phi) is 4.37. The molecule has 3 rings (SSSR count). The molecule has 4 heteroatoms. The van der Waals surface area contributed by atoms with Gasteiger partial charge in [0.2, 0.25) is 0 Å². The lowest BCUT2D eigenvalue weighted by Crippen LogP contribution is -2.41. The van der Waals surface area contributed by atoms with Crippen molar-refractivity contribution >= 4 is 13.2 Å².